The first-order chi connectivity index (χ1) is 12.6. The van der Waals surface area contributed by atoms with E-state index in [2.05, 4.69) is 10.3 Å². The minimum atomic E-state index is -0.591. The fourth-order valence-electron chi connectivity index (χ4n) is 2.45. The van der Waals surface area contributed by atoms with Crippen molar-refractivity contribution in [1.82, 2.24) is 15.0 Å². The van der Waals surface area contributed by atoms with Gasteiger partial charge >= 0.3 is 5.97 Å². The van der Waals surface area contributed by atoms with Gasteiger partial charge in [-0.2, -0.15) is 0 Å². The minimum absolute atomic E-state index is 0.0287. The van der Waals surface area contributed by atoms with E-state index in [9.17, 15) is 9.18 Å². The van der Waals surface area contributed by atoms with E-state index in [-0.39, 0.29) is 18.1 Å². The van der Waals surface area contributed by atoms with Crippen molar-refractivity contribution in [3.8, 4) is 11.4 Å². The van der Waals surface area contributed by atoms with Gasteiger partial charge in [0.2, 0.25) is 0 Å². The monoisotopic (exact) mass is 355 g/mol. The van der Waals surface area contributed by atoms with Crippen LogP contribution in [0.25, 0.3) is 5.69 Å². The molecule has 1 heterocycles. The zero-order valence-electron chi connectivity index (χ0n) is 14.5. The summed E-state index contributed by atoms with van der Waals surface area (Å²) in [5.41, 5.74) is 2.04. The highest BCUT2D eigenvalue weighted by atomic mass is 19.1. The Labute approximate surface area is 150 Å². The Balaban J connectivity index is 1.78. The van der Waals surface area contributed by atoms with E-state index in [4.69, 9.17) is 9.47 Å². The molecule has 7 heteroatoms. The summed E-state index contributed by atoms with van der Waals surface area (Å²) in [6.45, 7) is 4.17. The predicted octanol–water partition coefficient (Wildman–Crippen LogP) is 3.47. The summed E-state index contributed by atoms with van der Waals surface area (Å²) in [4.78, 5) is 12.3. The molecular formula is C19H18FN3O3. The summed E-state index contributed by atoms with van der Waals surface area (Å²) in [6, 6.07) is 13.1. The van der Waals surface area contributed by atoms with Crippen LogP contribution in [0.15, 0.2) is 48.5 Å². The van der Waals surface area contributed by atoms with E-state index < -0.39 is 5.97 Å². The van der Waals surface area contributed by atoms with E-state index in [0.717, 1.165) is 0 Å². The van der Waals surface area contributed by atoms with E-state index >= 15 is 0 Å². The largest absolute Gasteiger partial charge is 0.492 e. The van der Waals surface area contributed by atoms with E-state index in [0.29, 0.717) is 29.3 Å². The molecule has 0 saturated carbocycles. The summed E-state index contributed by atoms with van der Waals surface area (Å²) in [6.07, 6.45) is 0. The molecular weight excluding hydrogens is 337 g/mol. The highest BCUT2D eigenvalue weighted by Gasteiger charge is 2.20. The molecule has 0 unspecified atom stereocenters. The van der Waals surface area contributed by atoms with Crippen LogP contribution in [0.5, 0.6) is 5.75 Å². The third-order valence-corrected chi connectivity index (χ3v) is 3.76. The minimum Gasteiger partial charge on any atom is -0.492 e. The van der Waals surface area contributed by atoms with Gasteiger partial charge in [-0.3, -0.25) is 0 Å². The van der Waals surface area contributed by atoms with Crippen LogP contribution in [0.2, 0.25) is 0 Å². The quantitative estimate of drug-likeness (QED) is 0.634. The molecule has 2 aromatic carbocycles. The van der Waals surface area contributed by atoms with Crippen LogP contribution in [-0.4, -0.2) is 27.6 Å². The molecule has 6 nitrogen and oxygen atoms in total. The maximum atomic E-state index is 12.9. The lowest BCUT2D eigenvalue weighted by Crippen LogP contribution is -2.09. The SMILES string of the molecule is CCOc1ccccc1-n1nnc(C(=O)OCc2ccc(F)cc2)c1C. The van der Waals surface area contributed by atoms with Crippen molar-refractivity contribution in [3.05, 3.63) is 71.3 Å². The number of rotatable bonds is 6. The van der Waals surface area contributed by atoms with Crippen LogP contribution in [0.4, 0.5) is 4.39 Å². The third kappa shape index (κ3) is 3.72. The van der Waals surface area contributed by atoms with Gasteiger partial charge < -0.3 is 9.47 Å². The number of benzene rings is 2. The summed E-state index contributed by atoms with van der Waals surface area (Å²) in [5, 5.41) is 8.00. The highest BCUT2D eigenvalue weighted by molar-refractivity contribution is 5.88. The zero-order valence-corrected chi connectivity index (χ0v) is 14.5. The number of aromatic nitrogens is 3. The van der Waals surface area contributed by atoms with Gasteiger partial charge in [-0.05, 0) is 43.7 Å². The average molecular weight is 355 g/mol. The molecule has 0 aliphatic heterocycles. The van der Waals surface area contributed by atoms with Gasteiger partial charge in [-0.25, -0.2) is 13.9 Å². The molecule has 0 atom stereocenters. The lowest BCUT2D eigenvalue weighted by molar-refractivity contribution is 0.0464. The lowest BCUT2D eigenvalue weighted by Gasteiger charge is -2.10. The molecule has 0 bridgehead atoms. The molecule has 3 aromatic rings. The number of esters is 1. The number of carbonyl (C=O) groups excluding carboxylic acids is 1. The Hall–Kier alpha value is -3.22. The van der Waals surface area contributed by atoms with Gasteiger partial charge in [0.25, 0.3) is 0 Å². The molecule has 3 rings (SSSR count). The standard InChI is InChI=1S/C19H18FN3O3/c1-3-25-17-7-5-4-6-16(17)23-13(2)18(21-22-23)19(24)26-12-14-8-10-15(20)11-9-14/h4-11H,3,12H2,1-2H3. The number of nitrogens with zero attached hydrogens (tertiary/aromatic N) is 3. The second-order valence-corrected chi connectivity index (χ2v) is 5.54. The van der Waals surface area contributed by atoms with Crippen molar-refractivity contribution in [1.29, 1.82) is 0 Å². The molecule has 26 heavy (non-hydrogen) atoms. The molecule has 0 N–H and O–H groups in total. The lowest BCUT2D eigenvalue weighted by atomic mass is 10.2. The smallest absolute Gasteiger partial charge is 0.361 e. The average Bonchev–Trinajstić information content (AvgIpc) is 3.03. The summed E-state index contributed by atoms with van der Waals surface area (Å²) >= 11 is 0. The number of para-hydroxylation sites is 2. The van der Waals surface area contributed by atoms with Crippen LogP contribution < -0.4 is 4.74 Å². The zero-order chi connectivity index (χ0) is 18.5. The number of ether oxygens (including phenoxy) is 2. The molecule has 134 valence electrons. The molecule has 0 aliphatic carbocycles. The van der Waals surface area contributed by atoms with E-state index in [1.165, 1.54) is 12.1 Å². The maximum absolute atomic E-state index is 12.9. The third-order valence-electron chi connectivity index (χ3n) is 3.76. The molecule has 0 aliphatic rings. The van der Waals surface area contributed by atoms with Crippen molar-refractivity contribution in [2.45, 2.75) is 20.5 Å². The normalized spacial score (nSPS) is 10.6. The van der Waals surface area contributed by atoms with Gasteiger partial charge in [0.05, 0.1) is 12.3 Å². The fourth-order valence-corrected chi connectivity index (χ4v) is 2.45. The summed E-state index contributed by atoms with van der Waals surface area (Å²) in [5.74, 6) is -0.284. The molecule has 0 radical (unpaired) electrons. The first-order valence-corrected chi connectivity index (χ1v) is 8.16. The maximum Gasteiger partial charge on any atom is 0.361 e. The second-order valence-electron chi connectivity index (χ2n) is 5.54. The Morgan fingerprint density at radius 2 is 1.88 bits per heavy atom. The molecule has 0 saturated heterocycles. The van der Waals surface area contributed by atoms with Crippen molar-refractivity contribution in [2.75, 3.05) is 6.61 Å². The molecule has 1 aromatic heterocycles. The first-order valence-electron chi connectivity index (χ1n) is 8.16. The molecule has 0 spiro atoms. The Morgan fingerprint density at radius 1 is 1.15 bits per heavy atom. The van der Waals surface area contributed by atoms with Crippen LogP contribution in [-0.2, 0) is 11.3 Å². The topological polar surface area (TPSA) is 66.2 Å². The van der Waals surface area contributed by atoms with Gasteiger partial charge in [-0.1, -0.05) is 29.5 Å². The van der Waals surface area contributed by atoms with Crippen LogP contribution in [0, 0.1) is 12.7 Å². The molecule has 0 amide bonds. The van der Waals surface area contributed by atoms with Crippen LogP contribution in [0.3, 0.4) is 0 Å². The van der Waals surface area contributed by atoms with Gasteiger partial charge in [-0.15, -0.1) is 5.10 Å². The highest BCUT2D eigenvalue weighted by Crippen LogP contribution is 2.24. The first kappa shape index (κ1) is 17.6. The number of carbonyl (C=O) groups is 1. The second kappa shape index (κ2) is 7.77. The van der Waals surface area contributed by atoms with Crippen LogP contribution >= 0.6 is 0 Å². The number of halogens is 1. The van der Waals surface area contributed by atoms with Crippen molar-refractivity contribution in [3.63, 3.8) is 0 Å². The fraction of sp³-hybridized carbons (Fsp3) is 0.211. The number of hydrogen-bond acceptors (Lipinski definition) is 5. The van der Waals surface area contributed by atoms with Crippen molar-refractivity contribution >= 4 is 5.97 Å². The van der Waals surface area contributed by atoms with Crippen molar-refractivity contribution < 1.29 is 18.7 Å². The summed E-state index contributed by atoms with van der Waals surface area (Å²) < 4.78 is 25.3. The van der Waals surface area contributed by atoms with Crippen molar-refractivity contribution in [2.24, 2.45) is 0 Å². The Kier molecular flexibility index (Phi) is 5.26. The number of hydrogen-bond donors (Lipinski definition) is 0. The summed E-state index contributed by atoms with van der Waals surface area (Å²) in [7, 11) is 0. The van der Waals surface area contributed by atoms with E-state index in [1.54, 1.807) is 23.7 Å². The predicted molar refractivity (Wildman–Crippen MR) is 92.8 cm³/mol. The Bertz CT molecular complexity index is 907. The van der Waals surface area contributed by atoms with E-state index in [1.807, 2.05) is 31.2 Å². The van der Waals surface area contributed by atoms with Gasteiger partial charge in [0.1, 0.15) is 23.9 Å². The molecule has 0 fully saturated rings. The van der Waals surface area contributed by atoms with Gasteiger partial charge in [0, 0.05) is 0 Å². The van der Waals surface area contributed by atoms with Crippen LogP contribution in [0.1, 0.15) is 28.7 Å². The Morgan fingerprint density at radius 3 is 2.62 bits per heavy atom. The van der Waals surface area contributed by atoms with Gasteiger partial charge in [0.15, 0.2) is 5.69 Å².